The number of ether oxygens (including phenoxy) is 1. The molecule has 4 atom stereocenters. The number of fused-ring (bicyclic) bond motifs is 6. The first-order chi connectivity index (χ1) is 20.5. The van der Waals surface area contributed by atoms with E-state index in [-0.39, 0.29) is 17.5 Å². The molecular formula is C36H30N2O4. The average Bonchev–Trinajstić information content (AvgIpc) is 3.49. The van der Waals surface area contributed by atoms with Gasteiger partial charge < -0.3 is 15.0 Å². The second-order valence-electron chi connectivity index (χ2n) is 11.1. The quantitative estimate of drug-likeness (QED) is 0.280. The highest BCUT2D eigenvalue weighted by atomic mass is 16.5. The first-order valence-corrected chi connectivity index (χ1v) is 14.3. The molecule has 7 rings (SSSR count). The first kappa shape index (κ1) is 26.0. The summed E-state index contributed by atoms with van der Waals surface area (Å²) in [5.41, 5.74) is 3.76. The molecule has 1 N–H and O–H groups in total. The van der Waals surface area contributed by atoms with Crippen LogP contribution in [-0.2, 0) is 10.2 Å². The highest BCUT2D eigenvalue weighted by Crippen LogP contribution is 2.62. The van der Waals surface area contributed by atoms with E-state index in [9.17, 15) is 9.59 Å². The van der Waals surface area contributed by atoms with Crippen molar-refractivity contribution in [3.05, 3.63) is 137 Å². The number of hydrogen-bond acceptors (Lipinski definition) is 5. The summed E-state index contributed by atoms with van der Waals surface area (Å²) in [4.78, 5) is 46.2. The number of rotatable bonds is 6. The Morgan fingerprint density at radius 1 is 0.881 bits per heavy atom. The van der Waals surface area contributed by atoms with Crippen molar-refractivity contribution in [1.82, 2.24) is 4.90 Å². The molecule has 0 radical (unpaired) electrons. The van der Waals surface area contributed by atoms with Crippen LogP contribution in [0.4, 0.5) is 5.69 Å². The van der Waals surface area contributed by atoms with Crippen LogP contribution >= 0.6 is 0 Å². The Labute approximate surface area is 244 Å². The SMILES string of the molecule is CCOc1ccccc1C(=O)[C@@H]1[C@H](C(=O)c2ccc(C)cc2)N2C=Cc3ccccc3[C@H]2[C@]12C(=O)Nc1ccccc12. The van der Waals surface area contributed by atoms with Gasteiger partial charge in [-0.3, -0.25) is 14.4 Å². The Morgan fingerprint density at radius 3 is 2.40 bits per heavy atom. The van der Waals surface area contributed by atoms with Crippen LogP contribution in [0, 0.1) is 12.8 Å². The van der Waals surface area contributed by atoms with Crippen LogP contribution in [0.1, 0.15) is 55.9 Å². The molecular weight excluding hydrogens is 524 g/mol. The van der Waals surface area contributed by atoms with E-state index in [2.05, 4.69) is 5.32 Å². The third-order valence-electron chi connectivity index (χ3n) is 8.91. The van der Waals surface area contributed by atoms with Gasteiger partial charge in [-0.05, 0) is 54.8 Å². The molecule has 3 heterocycles. The molecule has 0 unspecified atom stereocenters. The number of nitrogens with zero attached hydrogens (tertiary/aromatic N) is 1. The van der Waals surface area contributed by atoms with E-state index < -0.39 is 23.4 Å². The Balaban J connectivity index is 1.54. The summed E-state index contributed by atoms with van der Waals surface area (Å²) in [6, 6.07) is 28.4. The fraction of sp³-hybridized carbons (Fsp3) is 0.194. The zero-order valence-corrected chi connectivity index (χ0v) is 23.4. The molecule has 42 heavy (non-hydrogen) atoms. The first-order valence-electron chi connectivity index (χ1n) is 14.3. The zero-order chi connectivity index (χ0) is 29.0. The second kappa shape index (κ2) is 9.84. The van der Waals surface area contributed by atoms with E-state index in [1.54, 1.807) is 30.3 Å². The van der Waals surface area contributed by atoms with E-state index in [1.165, 1.54) is 0 Å². The standard InChI is InChI=1S/C36H30N2O4/c1-3-42-29-15-9-6-12-26(29)33(40)30-31(32(39)24-18-16-22(2)17-19-24)38-21-20-23-10-4-5-11-25(23)34(38)36(30)27-13-7-8-14-28(27)37-35(36)41/h4-21,30-31,34H,3H2,1-2H3,(H,37,41)/t30-,31+,34-,36+/m0/s1. The Kier molecular flexibility index (Phi) is 6.08. The van der Waals surface area contributed by atoms with Crippen molar-refractivity contribution in [2.24, 2.45) is 5.92 Å². The van der Waals surface area contributed by atoms with Crippen molar-refractivity contribution >= 4 is 29.2 Å². The van der Waals surface area contributed by atoms with Crippen LogP contribution < -0.4 is 10.1 Å². The maximum Gasteiger partial charge on any atom is 0.238 e. The molecule has 4 aromatic carbocycles. The van der Waals surface area contributed by atoms with E-state index in [4.69, 9.17) is 4.74 Å². The summed E-state index contributed by atoms with van der Waals surface area (Å²) in [6.45, 7) is 4.21. The molecule has 208 valence electrons. The number of ketones is 2. The molecule has 0 aliphatic carbocycles. The molecule has 3 aliphatic rings. The van der Waals surface area contributed by atoms with Crippen molar-refractivity contribution < 1.29 is 19.1 Å². The summed E-state index contributed by atoms with van der Waals surface area (Å²) in [6.07, 6.45) is 3.86. The summed E-state index contributed by atoms with van der Waals surface area (Å²) in [5, 5.41) is 3.09. The lowest BCUT2D eigenvalue weighted by molar-refractivity contribution is -0.122. The van der Waals surface area contributed by atoms with E-state index in [0.29, 0.717) is 29.2 Å². The molecule has 1 spiro atoms. The monoisotopic (exact) mass is 554 g/mol. The molecule has 3 aliphatic heterocycles. The van der Waals surface area contributed by atoms with Crippen molar-refractivity contribution in [1.29, 1.82) is 0 Å². The molecule has 6 nitrogen and oxygen atoms in total. The highest BCUT2D eigenvalue weighted by molar-refractivity contribution is 6.17. The maximum atomic E-state index is 15.1. The van der Waals surface area contributed by atoms with Crippen LogP contribution in [0.25, 0.3) is 6.08 Å². The van der Waals surface area contributed by atoms with Crippen LogP contribution in [0.5, 0.6) is 5.75 Å². The number of hydrogen-bond donors (Lipinski definition) is 1. The van der Waals surface area contributed by atoms with E-state index >= 15 is 4.79 Å². The zero-order valence-electron chi connectivity index (χ0n) is 23.4. The molecule has 0 aromatic heterocycles. The van der Waals surface area contributed by atoms with Gasteiger partial charge in [-0.2, -0.15) is 0 Å². The van der Waals surface area contributed by atoms with Crippen LogP contribution in [0.3, 0.4) is 0 Å². The van der Waals surface area contributed by atoms with E-state index in [1.807, 2.05) is 97.8 Å². The second-order valence-corrected chi connectivity index (χ2v) is 11.1. The fourth-order valence-electron chi connectivity index (χ4n) is 7.18. The number of para-hydroxylation sites is 2. The van der Waals surface area contributed by atoms with Crippen molar-refractivity contribution in [3.63, 3.8) is 0 Å². The molecule has 4 aromatic rings. The van der Waals surface area contributed by atoms with Crippen molar-refractivity contribution in [2.45, 2.75) is 31.3 Å². The number of carbonyl (C=O) groups is 3. The van der Waals surface area contributed by atoms with Crippen molar-refractivity contribution in [2.75, 3.05) is 11.9 Å². The molecule has 0 saturated carbocycles. The Morgan fingerprint density at radius 2 is 1.60 bits per heavy atom. The number of aryl methyl sites for hydroxylation is 1. The average molecular weight is 555 g/mol. The fourth-order valence-corrected chi connectivity index (χ4v) is 7.18. The van der Waals surface area contributed by atoms with Gasteiger partial charge in [0.15, 0.2) is 11.6 Å². The number of carbonyl (C=O) groups excluding carboxylic acids is 3. The number of anilines is 1. The molecule has 1 amide bonds. The summed E-state index contributed by atoms with van der Waals surface area (Å²) in [5.74, 6) is -1.39. The highest BCUT2D eigenvalue weighted by Gasteiger charge is 2.70. The lowest BCUT2D eigenvalue weighted by atomic mass is 9.62. The Hall–Kier alpha value is -4.97. The summed E-state index contributed by atoms with van der Waals surface area (Å²) in [7, 11) is 0. The number of nitrogens with one attached hydrogen (secondary N) is 1. The molecule has 1 saturated heterocycles. The minimum absolute atomic E-state index is 0.203. The van der Waals surface area contributed by atoms with Gasteiger partial charge in [-0.1, -0.05) is 84.4 Å². The lowest BCUT2D eigenvalue weighted by Gasteiger charge is -2.38. The Bertz CT molecular complexity index is 1780. The van der Waals surface area contributed by atoms with Gasteiger partial charge in [0.1, 0.15) is 17.2 Å². The number of Topliss-reactive ketones (excluding diaryl/α,β-unsaturated/α-hetero) is 2. The van der Waals surface area contributed by atoms with Crippen LogP contribution in [-0.4, -0.2) is 35.0 Å². The molecule has 0 bridgehead atoms. The van der Waals surface area contributed by atoms with Crippen molar-refractivity contribution in [3.8, 4) is 5.75 Å². The van der Waals surface area contributed by atoms with Crippen LogP contribution in [0.2, 0.25) is 0 Å². The largest absolute Gasteiger partial charge is 0.493 e. The number of amides is 1. The maximum absolute atomic E-state index is 15.1. The summed E-state index contributed by atoms with van der Waals surface area (Å²) >= 11 is 0. The topological polar surface area (TPSA) is 75.7 Å². The van der Waals surface area contributed by atoms with Gasteiger partial charge in [-0.15, -0.1) is 0 Å². The summed E-state index contributed by atoms with van der Waals surface area (Å²) < 4.78 is 5.90. The minimum Gasteiger partial charge on any atom is -0.493 e. The van der Waals surface area contributed by atoms with Gasteiger partial charge in [0.2, 0.25) is 5.91 Å². The molecule has 6 heteroatoms. The third-order valence-corrected chi connectivity index (χ3v) is 8.91. The normalized spacial score (nSPS) is 23.2. The van der Waals surface area contributed by atoms with Gasteiger partial charge in [0, 0.05) is 17.5 Å². The number of benzene rings is 4. The smallest absolute Gasteiger partial charge is 0.238 e. The van der Waals surface area contributed by atoms with Gasteiger partial charge >= 0.3 is 0 Å². The van der Waals surface area contributed by atoms with Gasteiger partial charge in [-0.25, -0.2) is 0 Å². The predicted octanol–water partition coefficient (Wildman–Crippen LogP) is 6.38. The van der Waals surface area contributed by atoms with E-state index in [0.717, 1.165) is 22.3 Å². The third kappa shape index (κ3) is 3.61. The molecule has 1 fully saturated rings. The minimum atomic E-state index is -1.38. The van der Waals surface area contributed by atoms with Crippen LogP contribution in [0.15, 0.2) is 103 Å². The lowest BCUT2D eigenvalue weighted by Crippen LogP contribution is -2.49. The van der Waals surface area contributed by atoms with Gasteiger partial charge in [0.25, 0.3) is 0 Å². The van der Waals surface area contributed by atoms with Gasteiger partial charge in [0.05, 0.1) is 24.1 Å². The predicted molar refractivity (Wildman–Crippen MR) is 162 cm³/mol.